The highest BCUT2D eigenvalue weighted by Gasteiger charge is 1.93. The van der Waals surface area contributed by atoms with E-state index < -0.39 is 0 Å². The zero-order valence-electron chi connectivity index (χ0n) is 7.56. The van der Waals surface area contributed by atoms with E-state index in [1.54, 1.807) is 11.8 Å². The predicted octanol–water partition coefficient (Wildman–Crippen LogP) is 3.88. The standard InChI is InChI=1S/C9H10ClN3S/c10-9-3-1-8(2-4-9)7-14-6-5-12-13-11/h1-4H,5-7H2. The summed E-state index contributed by atoms with van der Waals surface area (Å²) < 4.78 is 0. The number of nitrogens with zero attached hydrogens (tertiary/aromatic N) is 3. The Morgan fingerprint density at radius 3 is 2.71 bits per heavy atom. The summed E-state index contributed by atoms with van der Waals surface area (Å²) in [5, 5.41) is 4.21. The van der Waals surface area contributed by atoms with Crippen LogP contribution >= 0.6 is 23.4 Å². The molecule has 0 aliphatic heterocycles. The van der Waals surface area contributed by atoms with Crippen LogP contribution in [0.1, 0.15) is 5.56 Å². The van der Waals surface area contributed by atoms with Crippen molar-refractivity contribution in [2.75, 3.05) is 12.3 Å². The Labute approximate surface area is 92.1 Å². The second-order valence-electron chi connectivity index (χ2n) is 2.63. The van der Waals surface area contributed by atoms with E-state index in [0.29, 0.717) is 6.54 Å². The van der Waals surface area contributed by atoms with Crippen LogP contribution in [0.4, 0.5) is 0 Å². The van der Waals surface area contributed by atoms with Gasteiger partial charge in [0, 0.05) is 22.2 Å². The Bertz CT molecular complexity index is 319. The van der Waals surface area contributed by atoms with E-state index in [4.69, 9.17) is 17.1 Å². The van der Waals surface area contributed by atoms with Gasteiger partial charge in [-0.3, -0.25) is 0 Å². The smallest absolute Gasteiger partial charge is 0.0406 e. The van der Waals surface area contributed by atoms with Gasteiger partial charge in [0.05, 0.1) is 0 Å². The third-order valence-corrected chi connectivity index (χ3v) is 2.84. The minimum absolute atomic E-state index is 0.550. The van der Waals surface area contributed by atoms with E-state index in [1.165, 1.54) is 5.56 Å². The Balaban J connectivity index is 2.24. The molecule has 0 unspecified atom stereocenters. The molecule has 0 aliphatic rings. The number of hydrogen-bond acceptors (Lipinski definition) is 2. The normalized spacial score (nSPS) is 9.50. The van der Waals surface area contributed by atoms with Gasteiger partial charge in [0.15, 0.2) is 0 Å². The lowest BCUT2D eigenvalue weighted by atomic mass is 10.2. The fourth-order valence-electron chi connectivity index (χ4n) is 0.921. The molecule has 0 bridgehead atoms. The van der Waals surface area contributed by atoms with Gasteiger partial charge in [-0.25, -0.2) is 0 Å². The summed E-state index contributed by atoms with van der Waals surface area (Å²) in [5.41, 5.74) is 9.28. The molecule has 74 valence electrons. The first-order valence-corrected chi connectivity index (χ1v) is 5.69. The second kappa shape index (κ2) is 6.60. The summed E-state index contributed by atoms with van der Waals surface area (Å²) >= 11 is 7.50. The number of halogens is 1. The summed E-state index contributed by atoms with van der Waals surface area (Å²) in [6.07, 6.45) is 0. The first kappa shape index (κ1) is 11.2. The molecule has 0 heterocycles. The van der Waals surface area contributed by atoms with E-state index in [2.05, 4.69) is 10.0 Å². The van der Waals surface area contributed by atoms with Crippen LogP contribution in [-0.2, 0) is 5.75 Å². The van der Waals surface area contributed by atoms with Gasteiger partial charge in [-0.15, -0.1) is 0 Å². The van der Waals surface area contributed by atoms with Crippen LogP contribution in [0.15, 0.2) is 29.4 Å². The van der Waals surface area contributed by atoms with Gasteiger partial charge >= 0.3 is 0 Å². The van der Waals surface area contributed by atoms with E-state index in [-0.39, 0.29) is 0 Å². The molecule has 0 saturated heterocycles. The highest BCUT2D eigenvalue weighted by atomic mass is 35.5. The average molecular weight is 228 g/mol. The van der Waals surface area contributed by atoms with Crippen molar-refractivity contribution in [3.05, 3.63) is 45.3 Å². The summed E-state index contributed by atoms with van der Waals surface area (Å²) in [6.45, 7) is 0.550. The maximum atomic E-state index is 8.05. The Morgan fingerprint density at radius 1 is 1.36 bits per heavy atom. The van der Waals surface area contributed by atoms with Crippen LogP contribution in [0, 0.1) is 0 Å². The van der Waals surface area contributed by atoms with E-state index in [0.717, 1.165) is 16.5 Å². The van der Waals surface area contributed by atoms with Crippen molar-refractivity contribution in [3.63, 3.8) is 0 Å². The lowest BCUT2D eigenvalue weighted by molar-refractivity contribution is 1.12. The third kappa shape index (κ3) is 4.42. The van der Waals surface area contributed by atoms with E-state index in [1.807, 2.05) is 24.3 Å². The van der Waals surface area contributed by atoms with Crippen molar-refractivity contribution in [2.24, 2.45) is 5.11 Å². The van der Waals surface area contributed by atoms with Gasteiger partial charge < -0.3 is 0 Å². The molecule has 1 rings (SSSR count). The molecule has 0 spiro atoms. The molecule has 1 aromatic rings. The molecular weight excluding hydrogens is 218 g/mol. The maximum absolute atomic E-state index is 8.05. The lowest BCUT2D eigenvalue weighted by Gasteiger charge is -1.99. The van der Waals surface area contributed by atoms with Gasteiger partial charge in [0.25, 0.3) is 0 Å². The molecule has 0 atom stereocenters. The van der Waals surface area contributed by atoms with Crippen LogP contribution in [0.3, 0.4) is 0 Å². The van der Waals surface area contributed by atoms with Gasteiger partial charge in [0.1, 0.15) is 0 Å². The van der Waals surface area contributed by atoms with Gasteiger partial charge in [-0.2, -0.15) is 11.8 Å². The number of azide groups is 1. The summed E-state index contributed by atoms with van der Waals surface area (Å²) in [7, 11) is 0. The van der Waals surface area contributed by atoms with Crippen molar-refractivity contribution in [2.45, 2.75) is 5.75 Å². The van der Waals surface area contributed by atoms with Crippen LogP contribution in [0.2, 0.25) is 5.02 Å². The zero-order valence-corrected chi connectivity index (χ0v) is 9.13. The number of thioether (sulfide) groups is 1. The Kier molecular flexibility index (Phi) is 5.30. The molecule has 0 fully saturated rings. The van der Waals surface area contributed by atoms with Crippen molar-refractivity contribution in [1.82, 2.24) is 0 Å². The van der Waals surface area contributed by atoms with Crippen LogP contribution in [0.25, 0.3) is 10.4 Å². The molecule has 3 nitrogen and oxygen atoms in total. The Hall–Kier alpha value is -0.830. The number of rotatable bonds is 5. The molecule has 5 heteroatoms. The monoisotopic (exact) mass is 227 g/mol. The summed E-state index contributed by atoms with van der Waals surface area (Å²) in [4.78, 5) is 2.69. The highest BCUT2D eigenvalue weighted by molar-refractivity contribution is 7.98. The predicted molar refractivity (Wildman–Crippen MR) is 61.6 cm³/mol. The molecule has 1 aromatic carbocycles. The molecule has 0 aromatic heterocycles. The van der Waals surface area contributed by atoms with Crippen molar-refractivity contribution >= 4 is 23.4 Å². The molecular formula is C9H10ClN3S. The first-order valence-electron chi connectivity index (χ1n) is 4.16. The van der Waals surface area contributed by atoms with Gasteiger partial charge in [-0.1, -0.05) is 28.8 Å². The lowest BCUT2D eigenvalue weighted by Crippen LogP contribution is -1.85. The summed E-state index contributed by atoms with van der Waals surface area (Å²) in [6, 6.07) is 7.77. The maximum Gasteiger partial charge on any atom is 0.0406 e. The zero-order chi connectivity index (χ0) is 10.2. The summed E-state index contributed by atoms with van der Waals surface area (Å²) in [5.74, 6) is 1.78. The van der Waals surface area contributed by atoms with E-state index >= 15 is 0 Å². The van der Waals surface area contributed by atoms with Crippen molar-refractivity contribution in [3.8, 4) is 0 Å². The van der Waals surface area contributed by atoms with Crippen LogP contribution in [0.5, 0.6) is 0 Å². The first-order chi connectivity index (χ1) is 6.83. The number of benzene rings is 1. The van der Waals surface area contributed by atoms with Crippen molar-refractivity contribution < 1.29 is 0 Å². The fraction of sp³-hybridized carbons (Fsp3) is 0.333. The minimum atomic E-state index is 0.550. The van der Waals surface area contributed by atoms with E-state index in [9.17, 15) is 0 Å². The van der Waals surface area contributed by atoms with Crippen molar-refractivity contribution in [1.29, 1.82) is 0 Å². The fourth-order valence-corrected chi connectivity index (χ4v) is 1.83. The van der Waals surface area contributed by atoms with Crippen LogP contribution < -0.4 is 0 Å². The second-order valence-corrected chi connectivity index (χ2v) is 4.18. The molecule has 0 saturated carbocycles. The highest BCUT2D eigenvalue weighted by Crippen LogP contribution is 2.15. The third-order valence-electron chi connectivity index (χ3n) is 1.58. The van der Waals surface area contributed by atoms with Gasteiger partial charge in [0.2, 0.25) is 0 Å². The largest absolute Gasteiger partial charge is 0.157 e. The molecule has 0 radical (unpaired) electrons. The number of hydrogen-bond donors (Lipinski definition) is 0. The molecule has 0 amide bonds. The van der Waals surface area contributed by atoms with Gasteiger partial charge in [-0.05, 0) is 29.0 Å². The Morgan fingerprint density at radius 2 is 2.07 bits per heavy atom. The molecule has 0 N–H and O–H groups in total. The molecule has 14 heavy (non-hydrogen) atoms. The molecule has 0 aliphatic carbocycles. The van der Waals surface area contributed by atoms with Crippen LogP contribution in [-0.4, -0.2) is 12.3 Å². The average Bonchev–Trinajstić information content (AvgIpc) is 2.21. The minimum Gasteiger partial charge on any atom is -0.157 e. The quantitative estimate of drug-likeness (QED) is 0.326. The topological polar surface area (TPSA) is 48.8 Å². The SMILES string of the molecule is [N-]=[N+]=NCCSCc1ccc(Cl)cc1.